The van der Waals surface area contributed by atoms with Crippen LogP contribution in [0.3, 0.4) is 0 Å². The predicted octanol–water partition coefficient (Wildman–Crippen LogP) is 1.07. The summed E-state index contributed by atoms with van der Waals surface area (Å²) in [5, 5.41) is 3.17. The van der Waals surface area contributed by atoms with Crippen LogP contribution in [0.1, 0.15) is 29.6 Å². The highest BCUT2D eigenvalue weighted by atomic mass is 32.1. The number of nitrogens with zero attached hydrogens (tertiary/aromatic N) is 2. The van der Waals surface area contributed by atoms with Gasteiger partial charge in [0, 0.05) is 11.1 Å². The predicted molar refractivity (Wildman–Crippen MR) is 59.6 cm³/mol. The molecule has 0 bridgehead atoms. The second-order valence-corrected chi connectivity index (χ2v) is 4.81. The van der Waals surface area contributed by atoms with Crippen LogP contribution in [0, 0.1) is 6.92 Å². The Bertz CT molecular complexity index is 363. The van der Waals surface area contributed by atoms with Gasteiger partial charge in [0.15, 0.2) is 0 Å². The van der Waals surface area contributed by atoms with E-state index >= 15 is 0 Å². The molecule has 1 amide bonds. The average molecular weight is 225 g/mol. The SMILES string of the molecule is Cc1csc([C@H]2CCCN2CC(N)=O)n1. The molecule has 1 aromatic rings. The normalized spacial score (nSPS) is 22.1. The first-order chi connectivity index (χ1) is 7.16. The largest absolute Gasteiger partial charge is 0.369 e. The maximum Gasteiger partial charge on any atom is 0.231 e. The summed E-state index contributed by atoms with van der Waals surface area (Å²) in [6, 6.07) is 0.302. The van der Waals surface area contributed by atoms with Gasteiger partial charge in [-0.15, -0.1) is 11.3 Å². The van der Waals surface area contributed by atoms with Crippen LogP contribution < -0.4 is 5.73 Å². The molecule has 0 aliphatic carbocycles. The number of likely N-dealkylation sites (tertiary alicyclic amines) is 1. The molecule has 1 aliphatic heterocycles. The molecular formula is C10H15N3OS. The van der Waals surface area contributed by atoms with Crippen LogP contribution >= 0.6 is 11.3 Å². The van der Waals surface area contributed by atoms with E-state index in [2.05, 4.69) is 15.3 Å². The number of carbonyl (C=O) groups excluding carboxylic acids is 1. The Kier molecular flexibility index (Phi) is 3.02. The lowest BCUT2D eigenvalue weighted by Gasteiger charge is -2.20. The molecule has 82 valence electrons. The van der Waals surface area contributed by atoms with Gasteiger partial charge >= 0.3 is 0 Å². The minimum absolute atomic E-state index is 0.254. The van der Waals surface area contributed by atoms with Gasteiger partial charge in [0.1, 0.15) is 5.01 Å². The van der Waals surface area contributed by atoms with Crippen molar-refractivity contribution in [1.29, 1.82) is 0 Å². The summed E-state index contributed by atoms with van der Waals surface area (Å²) in [5.74, 6) is -0.254. The van der Waals surface area contributed by atoms with E-state index in [4.69, 9.17) is 5.73 Å². The lowest BCUT2D eigenvalue weighted by atomic mass is 10.2. The second kappa shape index (κ2) is 4.28. The topological polar surface area (TPSA) is 59.2 Å². The fourth-order valence-electron chi connectivity index (χ4n) is 2.02. The number of carbonyl (C=O) groups is 1. The van der Waals surface area contributed by atoms with E-state index in [1.54, 1.807) is 11.3 Å². The third-order valence-corrected chi connectivity index (χ3v) is 3.71. The van der Waals surface area contributed by atoms with Gasteiger partial charge in [-0.05, 0) is 26.3 Å². The Morgan fingerprint density at radius 1 is 1.80 bits per heavy atom. The minimum atomic E-state index is -0.254. The number of aryl methyl sites for hydroxylation is 1. The molecule has 0 unspecified atom stereocenters. The maximum absolute atomic E-state index is 10.9. The van der Waals surface area contributed by atoms with Crippen LogP contribution in [0.2, 0.25) is 0 Å². The summed E-state index contributed by atoms with van der Waals surface area (Å²) in [5.41, 5.74) is 6.28. The van der Waals surface area contributed by atoms with E-state index in [9.17, 15) is 4.79 Å². The van der Waals surface area contributed by atoms with Crippen LogP contribution in [-0.2, 0) is 4.79 Å². The fraction of sp³-hybridized carbons (Fsp3) is 0.600. The first kappa shape index (κ1) is 10.6. The van der Waals surface area contributed by atoms with Gasteiger partial charge in [0.05, 0.1) is 12.6 Å². The molecular weight excluding hydrogens is 210 g/mol. The summed E-state index contributed by atoms with van der Waals surface area (Å²) in [6.07, 6.45) is 2.21. The van der Waals surface area contributed by atoms with E-state index in [0.717, 1.165) is 30.1 Å². The Morgan fingerprint density at radius 3 is 3.20 bits per heavy atom. The lowest BCUT2D eigenvalue weighted by molar-refractivity contribution is -0.119. The number of hydrogen-bond donors (Lipinski definition) is 1. The van der Waals surface area contributed by atoms with Gasteiger partial charge in [-0.3, -0.25) is 9.69 Å². The molecule has 2 rings (SSSR count). The molecule has 1 aliphatic rings. The van der Waals surface area contributed by atoms with Crippen LogP contribution in [-0.4, -0.2) is 28.9 Å². The van der Waals surface area contributed by atoms with Crippen molar-refractivity contribution in [3.63, 3.8) is 0 Å². The van der Waals surface area contributed by atoms with Gasteiger partial charge in [-0.1, -0.05) is 0 Å². The highest BCUT2D eigenvalue weighted by molar-refractivity contribution is 7.09. The minimum Gasteiger partial charge on any atom is -0.369 e. The van der Waals surface area contributed by atoms with Crippen LogP contribution in [0.5, 0.6) is 0 Å². The number of hydrogen-bond acceptors (Lipinski definition) is 4. The first-order valence-electron chi connectivity index (χ1n) is 5.11. The molecule has 0 saturated carbocycles. The van der Waals surface area contributed by atoms with Crippen molar-refractivity contribution in [2.24, 2.45) is 5.73 Å². The van der Waals surface area contributed by atoms with Crippen molar-refractivity contribution < 1.29 is 4.79 Å². The standard InChI is InChI=1S/C10H15N3OS/c1-7-6-15-10(12-7)8-3-2-4-13(8)5-9(11)14/h6,8H,2-5H2,1H3,(H2,11,14)/t8-/m1/s1. The van der Waals surface area contributed by atoms with Crippen molar-refractivity contribution in [3.8, 4) is 0 Å². The number of primary amides is 1. The molecule has 0 radical (unpaired) electrons. The number of thiazole rings is 1. The van der Waals surface area contributed by atoms with E-state index < -0.39 is 0 Å². The Labute approximate surface area is 93.1 Å². The molecule has 5 heteroatoms. The van der Waals surface area contributed by atoms with E-state index in [-0.39, 0.29) is 5.91 Å². The van der Waals surface area contributed by atoms with Crippen molar-refractivity contribution in [2.75, 3.05) is 13.1 Å². The Balaban J connectivity index is 2.10. The third kappa shape index (κ3) is 2.35. The van der Waals surface area contributed by atoms with Crippen molar-refractivity contribution in [3.05, 3.63) is 16.1 Å². The smallest absolute Gasteiger partial charge is 0.231 e. The molecule has 4 nitrogen and oxygen atoms in total. The molecule has 15 heavy (non-hydrogen) atoms. The Morgan fingerprint density at radius 2 is 2.60 bits per heavy atom. The van der Waals surface area contributed by atoms with E-state index in [0.29, 0.717) is 12.6 Å². The molecule has 0 aromatic carbocycles. The number of aromatic nitrogens is 1. The summed E-state index contributed by atoms with van der Waals surface area (Å²) < 4.78 is 0. The van der Waals surface area contributed by atoms with Crippen molar-refractivity contribution >= 4 is 17.2 Å². The van der Waals surface area contributed by atoms with E-state index in [1.165, 1.54) is 0 Å². The zero-order valence-corrected chi connectivity index (χ0v) is 9.59. The average Bonchev–Trinajstić information content (AvgIpc) is 2.72. The monoisotopic (exact) mass is 225 g/mol. The highest BCUT2D eigenvalue weighted by Gasteiger charge is 2.28. The highest BCUT2D eigenvalue weighted by Crippen LogP contribution is 2.33. The van der Waals surface area contributed by atoms with Gasteiger partial charge in [0.25, 0.3) is 0 Å². The van der Waals surface area contributed by atoms with Crippen LogP contribution in [0.15, 0.2) is 5.38 Å². The van der Waals surface area contributed by atoms with Gasteiger partial charge in [-0.2, -0.15) is 0 Å². The quantitative estimate of drug-likeness (QED) is 0.837. The van der Waals surface area contributed by atoms with Crippen molar-refractivity contribution in [2.45, 2.75) is 25.8 Å². The maximum atomic E-state index is 10.9. The molecule has 2 heterocycles. The third-order valence-electron chi connectivity index (χ3n) is 2.64. The summed E-state index contributed by atoms with van der Waals surface area (Å²) in [7, 11) is 0. The fourth-order valence-corrected chi connectivity index (χ4v) is 2.99. The molecule has 2 N–H and O–H groups in total. The molecule has 1 fully saturated rings. The molecule has 0 spiro atoms. The molecule has 1 saturated heterocycles. The zero-order chi connectivity index (χ0) is 10.8. The summed E-state index contributed by atoms with van der Waals surface area (Å²) in [4.78, 5) is 17.5. The number of nitrogens with two attached hydrogens (primary N) is 1. The van der Waals surface area contributed by atoms with Gasteiger partial charge in [-0.25, -0.2) is 4.98 Å². The zero-order valence-electron chi connectivity index (χ0n) is 8.77. The van der Waals surface area contributed by atoms with E-state index in [1.807, 2.05) is 6.92 Å². The van der Waals surface area contributed by atoms with Crippen LogP contribution in [0.25, 0.3) is 0 Å². The number of rotatable bonds is 3. The van der Waals surface area contributed by atoms with Gasteiger partial charge in [0.2, 0.25) is 5.91 Å². The second-order valence-electron chi connectivity index (χ2n) is 3.92. The number of amides is 1. The van der Waals surface area contributed by atoms with Crippen molar-refractivity contribution in [1.82, 2.24) is 9.88 Å². The first-order valence-corrected chi connectivity index (χ1v) is 5.99. The van der Waals surface area contributed by atoms with Gasteiger partial charge < -0.3 is 5.73 Å². The summed E-state index contributed by atoms with van der Waals surface area (Å²) in [6.45, 7) is 3.29. The summed E-state index contributed by atoms with van der Waals surface area (Å²) >= 11 is 1.67. The molecule has 1 atom stereocenters. The molecule has 1 aromatic heterocycles. The lowest BCUT2D eigenvalue weighted by Crippen LogP contribution is -2.33. The Hall–Kier alpha value is -0.940. The van der Waals surface area contributed by atoms with Crippen LogP contribution in [0.4, 0.5) is 0 Å².